The van der Waals surface area contributed by atoms with Gasteiger partial charge in [0.25, 0.3) is 0 Å². The molecule has 0 unspecified atom stereocenters. The van der Waals surface area contributed by atoms with Gasteiger partial charge in [-0.1, -0.05) is 54.4 Å². The predicted molar refractivity (Wildman–Crippen MR) is 137 cm³/mol. The third kappa shape index (κ3) is 4.75. The Kier molecular flexibility index (Phi) is 6.60. The lowest BCUT2D eigenvalue weighted by Crippen LogP contribution is -2.32. The summed E-state index contributed by atoms with van der Waals surface area (Å²) in [7, 11) is 0. The van der Waals surface area contributed by atoms with Crippen molar-refractivity contribution in [2.75, 3.05) is 31.1 Å². The smallest absolute Gasteiger partial charge is 0.160 e. The van der Waals surface area contributed by atoms with Gasteiger partial charge in [0.15, 0.2) is 5.65 Å². The molecule has 0 radical (unpaired) electrons. The average molecular weight is 460 g/mol. The summed E-state index contributed by atoms with van der Waals surface area (Å²) < 4.78 is 2.17. The normalized spacial score (nSPS) is 14.6. The molecular formula is C27H30ClN5. The van der Waals surface area contributed by atoms with Gasteiger partial charge >= 0.3 is 0 Å². The second kappa shape index (κ2) is 9.94. The van der Waals surface area contributed by atoms with Crippen LogP contribution in [0.1, 0.15) is 31.4 Å². The second-order valence-corrected chi connectivity index (χ2v) is 9.18. The zero-order valence-corrected chi connectivity index (χ0v) is 19.9. The molecule has 0 N–H and O–H groups in total. The van der Waals surface area contributed by atoms with Crippen LogP contribution in [0, 0.1) is 6.92 Å². The minimum Gasteiger partial charge on any atom is -0.326 e. The summed E-state index contributed by atoms with van der Waals surface area (Å²) in [5, 5.41) is 0.737. The molecule has 2 aromatic heterocycles. The number of anilines is 2. The first-order valence-corrected chi connectivity index (χ1v) is 12.2. The molecule has 0 amide bonds. The number of nitrogens with zero attached hydrogens (tertiary/aromatic N) is 5. The summed E-state index contributed by atoms with van der Waals surface area (Å²) in [6.07, 6.45) is 8.93. The number of hydrogen-bond acceptors (Lipinski definition) is 4. The molecular weight excluding hydrogens is 430 g/mol. The fourth-order valence-electron chi connectivity index (χ4n) is 4.77. The summed E-state index contributed by atoms with van der Waals surface area (Å²) in [6.45, 7) is 6.43. The van der Waals surface area contributed by atoms with Gasteiger partial charge in [0.2, 0.25) is 0 Å². The number of rotatable bonds is 7. The number of imidazole rings is 1. The maximum Gasteiger partial charge on any atom is 0.160 e. The van der Waals surface area contributed by atoms with Crippen molar-refractivity contribution in [1.82, 2.24) is 19.3 Å². The summed E-state index contributed by atoms with van der Waals surface area (Å²) in [4.78, 5) is 14.5. The van der Waals surface area contributed by atoms with E-state index in [1.165, 1.54) is 32.4 Å². The highest BCUT2D eigenvalue weighted by atomic mass is 35.5. The Morgan fingerprint density at radius 3 is 2.61 bits per heavy atom. The molecule has 5 rings (SSSR count). The van der Waals surface area contributed by atoms with Crippen molar-refractivity contribution in [3.8, 4) is 11.3 Å². The largest absolute Gasteiger partial charge is 0.326 e. The molecule has 3 heterocycles. The van der Waals surface area contributed by atoms with Gasteiger partial charge in [0.05, 0.1) is 5.69 Å². The van der Waals surface area contributed by atoms with Gasteiger partial charge in [-0.25, -0.2) is 4.98 Å². The molecule has 5 nitrogen and oxygen atoms in total. The quantitative estimate of drug-likeness (QED) is 0.321. The predicted octanol–water partition coefficient (Wildman–Crippen LogP) is 6.37. The zero-order chi connectivity index (χ0) is 22.6. The van der Waals surface area contributed by atoms with Crippen molar-refractivity contribution in [3.63, 3.8) is 0 Å². The SMILES string of the molecule is Cc1nccn2c(N(CCCN3CCCCC3)c3cccc(Cl)c3)c(-c3ccccc3)nc12. The summed E-state index contributed by atoms with van der Waals surface area (Å²) in [5.74, 6) is 1.06. The minimum atomic E-state index is 0.737. The molecule has 1 aliphatic rings. The zero-order valence-electron chi connectivity index (χ0n) is 19.1. The Hall–Kier alpha value is -2.89. The van der Waals surface area contributed by atoms with E-state index in [0.29, 0.717) is 0 Å². The molecule has 1 aliphatic heterocycles. The molecule has 1 saturated heterocycles. The number of likely N-dealkylation sites (tertiary alicyclic amines) is 1. The lowest BCUT2D eigenvalue weighted by Gasteiger charge is -2.29. The van der Waals surface area contributed by atoms with E-state index in [-0.39, 0.29) is 0 Å². The van der Waals surface area contributed by atoms with Crippen LogP contribution in [0.4, 0.5) is 11.5 Å². The van der Waals surface area contributed by atoms with Crippen LogP contribution < -0.4 is 4.90 Å². The Morgan fingerprint density at radius 2 is 1.82 bits per heavy atom. The fraction of sp³-hybridized carbons (Fsp3) is 0.333. The van der Waals surface area contributed by atoms with Crippen LogP contribution in [0.2, 0.25) is 5.02 Å². The van der Waals surface area contributed by atoms with Gasteiger partial charge in [-0.2, -0.15) is 0 Å². The molecule has 6 heteroatoms. The van der Waals surface area contributed by atoms with Crippen molar-refractivity contribution in [2.45, 2.75) is 32.6 Å². The highest BCUT2D eigenvalue weighted by Crippen LogP contribution is 2.37. The van der Waals surface area contributed by atoms with Gasteiger partial charge in [-0.05, 0) is 64.0 Å². The van der Waals surface area contributed by atoms with Crippen molar-refractivity contribution < 1.29 is 0 Å². The van der Waals surface area contributed by atoms with Gasteiger partial charge in [0.1, 0.15) is 11.5 Å². The Bertz CT molecular complexity index is 1210. The summed E-state index contributed by atoms with van der Waals surface area (Å²) in [5.41, 5.74) is 4.94. The third-order valence-corrected chi connectivity index (χ3v) is 6.66. The second-order valence-electron chi connectivity index (χ2n) is 8.74. The molecule has 33 heavy (non-hydrogen) atoms. The van der Waals surface area contributed by atoms with Crippen LogP contribution in [0.25, 0.3) is 16.9 Å². The fourth-order valence-corrected chi connectivity index (χ4v) is 4.96. The van der Waals surface area contributed by atoms with Crippen LogP contribution in [0.5, 0.6) is 0 Å². The van der Waals surface area contributed by atoms with Crippen molar-refractivity contribution >= 4 is 28.8 Å². The molecule has 2 aromatic carbocycles. The van der Waals surface area contributed by atoms with Crippen molar-refractivity contribution in [1.29, 1.82) is 0 Å². The number of hydrogen-bond donors (Lipinski definition) is 0. The van der Waals surface area contributed by atoms with Crippen LogP contribution in [0.15, 0.2) is 67.0 Å². The van der Waals surface area contributed by atoms with E-state index in [2.05, 4.69) is 49.5 Å². The Morgan fingerprint density at radius 1 is 1.00 bits per heavy atom. The number of halogens is 1. The van der Waals surface area contributed by atoms with E-state index in [4.69, 9.17) is 16.6 Å². The minimum absolute atomic E-state index is 0.737. The van der Waals surface area contributed by atoms with Crippen LogP contribution in [0.3, 0.4) is 0 Å². The monoisotopic (exact) mass is 459 g/mol. The topological polar surface area (TPSA) is 36.7 Å². The summed E-state index contributed by atoms with van der Waals surface area (Å²) >= 11 is 6.44. The standard InChI is InChI=1S/C27H30ClN5/c1-21-26-30-25(22-10-4-2-5-11-22)27(33(26)19-14-29-21)32(24-13-8-12-23(28)20-24)18-9-17-31-15-6-3-7-16-31/h2,4-5,8,10-14,19-20H,3,6-7,9,15-18H2,1H3. The molecule has 0 bridgehead atoms. The molecule has 0 aliphatic carbocycles. The van der Waals surface area contributed by atoms with Crippen molar-refractivity contribution in [2.24, 2.45) is 0 Å². The molecule has 1 fully saturated rings. The highest BCUT2D eigenvalue weighted by Gasteiger charge is 2.23. The molecule has 0 saturated carbocycles. The third-order valence-electron chi connectivity index (χ3n) is 6.42. The first-order chi connectivity index (χ1) is 16.2. The van der Waals surface area contributed by atoms with Gasteiger partial charge in [0, 0.05) is 35.2 Å². The van der Waals surface area contributed by atoms with Crippen LogP contribution in [-0.2, 0) is 0 Å². The molecule has 0 atom stereocenters. The lowest BCUT2D eigenvalue weighted by molar-refractivity contribution is 0.227. The molecule has 4 aromatic rings. The molecule has 170 valence electrons. The van der Waals surface area contributed by atoms with E-state index < -0.39 is 0 Å². The number of benzene rings is 2. The van der Waals surface area contributed by atoms with Gasteiger partial charge in [-0.15, -0.1) is 0 Å². The maximum atomic E-state index is 6.44. The van der Waals surface area contributed by atoms with Gasteiger partial charge < -0.3 is 9.80 Å². The van der Waals surface area contributed by atoms with Crippen LogP contribution in [-0.4, -0.2) is 45.4 Å². The van der Waals surface area contributed by atoms with E-state index in [1.807, 2.05) is 43.6 Å². The average Bonchev–Trinajstić information content (AvgIpc) is 3.24. The highest BCUT2D eigenvalue weighted by molar-refractivity contribution is 6.30. The number of aromatic nitrogens is 3. The van der Waals surface area contributed by atoms with Gasteiger partial charge in [-0.3, -0.25) is 9.38 Å². The first-order valence-electron chi connectivity index (χ1n) is 11.9. The first kappa shape index (κ1) is 21.9. The van der Waals surface area contributed by atoms with Crippen LogP contribution >= 0.6 is 11.6 Å². The summed E-state index contributed by atoms with van der Waals surface area (Å²) in [6, 6.07) is 18.5. The maximum absolute atomic E-state index is 6.44. The Labute approximate surface area is 200 Å². The van der Waals surface area contributed by atoms with E-state index in [9.17, 15) is 0 Å². The van der Waals surface area contributed by atoms with E-state index >= 15 is 0 Å². The number of aryl methyl sites for hydroxylation is 1. The van der Waals surface area contributed by atoms with E-state index in [1.54, 1.807) is 0 Å². The number of piperidine rings is 1. The van der Waals surface area contributed by atoms with E-state index in [0.717, 1.165) is 58.6 Å². The molecule has 0 spiro atoms. The number of fused-ring (bicyclic) bond motifs is 1. The van der Waals surface area contributed by atoms with Crippen molar-refractivity contribution in [3.05, 3.63) is 77.7 Å². The lowest BCUT2D eigenvalue weighted by atomic mass is 10.1. The Balaban J connectivity index is 1.59.